The van der Waals surface area contributed by atoms with E-state index in [0.29, 0.717) is 11.3 Å². The van der Waals surface area contributed by atoms with Crippen LogP contribution in [0, 0.1) is 5.41 Å². The zero-order valence-corrected chi connectivity index (χ0v) is 16.8. The molecule has 0 spiro atoms. The van der Waals surface area contributed by atoms with Crippen LogP contribution >= 0.6 is 0 Å². The second kappa shape index (κ2) is 9.44. The number of ether oxygens (including phenoxy) is 1. The number of aromatic nitrogens is 4. The van der Waals surface area contributed by atoms with Gasteiger partial charge in [0.05, 0.1) is 11.8 Å². The Kier molecular flexibility index (Phi) is 6.51. The van der Waals surface area contributed by atoms with E-state index in [1.54, 1.807) is 36.4 Å². The summed E-state index contributed by atoms with van der Waals surface area (Å²) >= 11 is 0. The van der Waals surface area contributed by atoms with Crippen molar-refractivity contribution in [3.05, 3.63) is 65.8 Å². The van der Waals surface area contributed by atoms with E-state index in [1.165, 1.54) is 30.9 Å². The van der Waals surface area contributed by atoms with Gasteiger partial charge in [-0.05, 0) is 36.4 Å². The van der Waals surface area contributed by atoms with Gasteiger partial charge in [-0.2, -0.15) is 4.68 Å². The summed E-state index contributed by atoms with van der Waals surface area (Å²) in [6.45, 7) is 1.95. The highest BCUT2D eigenvalue weighted by atomic mass is 16.5. The fourth-order valence-electron chi connectivity index (χ4n) is 2.79. The van der Waals surface area contributed by atoms with Crippen molar-refractivity contribution in [2.24, 2.45) is 0 Å². The number of furan rings is 1. The number of benzene rings is 1. The lowest BCUT2D eigenvalue weighted by Gasteiger charge is -2.11. The van der Waals surface area contributed by atoms with Gasteiger partial charge in [-0.1, -0.05) is 30.3 Å². The van der Waals surface area contributed by atoms with E-state index in [9.17, 15) is 14.7 Å². The SMILES string of the molecule is CC(=N)/C(C(C)=O)=C(/O)COC(=O)/C(=C/c1ccco1)n1nnnc1-c1ccccc1. The number of ketones is 1. The Morgan fingerprint density at radius 3 is 2.55 bits per heavy atom. The number of esters is 1. The average molecular weight is 421 g/mol. The monoisotopic (exact) mass is 421 g/mol. The van der Waals surface area contributed by atoms with Gasteiger partial charge in [0.1, 0.15) is 18.1 Å². The summed E-state index contributed by atoms with van der Waals surface area (Å²) < 4.78 is 11.7. The molecule has 0 saturated heterocycles. The summed E-state index contributed by atoms with van der Waals surface area (Å²) in [6.07, 6.45) is 2.83. The van der Waals surface area contributed by atoms with Gasteiger partial charge in [0.25, 0.3) is 0 Å². The summed E-state index contributed by atoms with van der Waals surface area (Å²) in [5.41, 5.74) is 0.227. The van der Waals surface area contributed by atoms with Gasteiger partial charge in [-0.3, -0.25) is 4.79 Å². The molecule has 3 aromatic rings. The first-order valence-corrected chi connectivity index (χ1v) is 9.13. The zero-order valence-electron chi connectivity index (χ0n) is 16.8. The number of carbonyl (C=O) groups is 2. The molecule has 0 aliphatic heterocycles. The summed E-state index contributed by atoms with van der Waals surface area (Å²) in [5, 5.41) is 29.3. The molecule has 0 bridgehead atoms. The van der Waals surface area contributed by atoms with Gasteiger partial charge >= 0.3 is 5.97 Å². The molecule has 0 saturated carbocycles. The molecule has 0 aliphatic carbocycles. The summed E-state index contributed by atoms with van der Waals surface area (Å²) in [6, 6.07) is 12.3. The normalized spacial score (nSPS) is 12.3. The Labute approximate surface area is 177 Å². The first kappa shape index (κ1) is 21.4. The highest BCUT2D eigenvalue weighted by molar-refractivity contribution is 6.20. The molecule has 0 aliphatic rings. The van der Waals surface area contributed by atoms with Gasteiger partial charge in [0.2, 0.25) is 0 Å². The molecule has 158 valence electrons. The summed E-state index contributed by atoms with van der Waals surface area (Å²) in [7, 11) is 0. The molecular weight excluding hydrogens is 402 g/mol. The van der Waals surface area contributed by atoms with E-state index in [4.69, 9.17) is 14.6 Å². The largest absolute Gasteiger partial charge is 0.508 e. The van der Waals surface area contributed by atoms with Crippen LogP contribution in [0.25, 0.3) is 23.2 Å². The van der Waals surface area contributed by atoms with Crippen LogP contribution in [-0.2, 0) is 14.3 Å². The van der Waals surface area contributed by atoms with Crippen molar-refractivity contribution in [3.63, 3.8) is 0 Å². The molecule has 10 nitrogen and oxygen atoms in total. The Hall–Kier alpha value is -4.34. The minimum Gasteiger partial charge on any atom is -0.508 e. The third-order valence-corrected chi connectivity index (χ3v) is 4.12. The van der Waals surface area contributed by atoms with E-state index >= 15 is 0 Å². The third kappa shape index (κ3) is 4.99. The summed E-state index contributed by atoms with van der Waals surface area (Å²) in [4.78, 5) is 24.5. The van der Waals surface area contributed by atoms with Crippen LogP contribution in [0.1, 0.15) is 19.6 Å². The van der Waals surface area contributed by atoms with Crippen molar-refractivity contribution in [3.8, 4) is 11.4 Å². The molecule has 1 aromatic carbocycles. The molecule has 0 radical (unpaired) electrons. The number of aliphatic hydroxyl groups is 1. The number of rotatable bonds is 8. The number of aliphatic hydroxyl groups excluding tert-OH is 1. The van der Waals surface area contributed by atoms with Crippen molar-refractivity contribution in [1.29, 1.82) is 5.41 Å². The molecule has 0 unspecified atom stereocenters. The summed E-state index contributed by atoms with van der Waals surface area (Å²) in [5.74, 6) is -1.28. The molecule has 0 atom stereocenters. The first-order valence-electron chi connectivity index (χ1n) is 9.13. The molecule has 2 aromatic heterocycles. The molecule has 0 amide bonds. The lowest BCUT2D eigenvalue weighted by Crippen LogP contribution is -2.18. The number of nitrogens with one attached hydrogen (secondary N) is 1. The van der Waals surface area contributed by atoms with Crippen LogP contribution < -0.4 is 0 Å². The van der Waals surface area contributed by atoms with Crippen molar-refractivity contribution in [2.75, 3.05) is 6.61 Å². The maximum Gasteiger partial charge on any atom is 0.357 e. The maximum atomic E-state index is 12.9. The fraction of sp³-hybridized carbons (Fsp3) is 0.143. The topological polar surface area (TPSA) is 144 Å². The van der Waals surface area contributed by atoms with Crippen LogP contribution in [0.15, 0.2) is 64.5 Å². The molecule has 2 N–H and O–H groups in total. The second-order valence-corrected chi connectivity index (χ2v) is 6.40. The molecule has 3 rings (SSSR count). The van der Waals surface area contributed by atoms with E-state index in [0.717, 1.165) is 0 Å². The standard InChI is InChI=1S/C21H19N5O5/c1-13(22)19(14(2)27)18(28)12-31-21(29)17(11-16-9-6-10-30-16)26-20(23-24-25-26)15-7-4-3-5-8-15/h3-11,22,28H,12H2,1-2H3/b17-11-,19-18-,22-13?. The first-order chi connectivity index (χ1) is 14.9. The number of tetrazole rings is 1. The van der Waals surface area contributed by atoms with Crippen molar-refractivity contribution >= 4 is 29.2 Å². The Morgan fingerprint density at radius 1 is 1.19 bits per heavy atom. The van der Waals surface area contributed by atoms with E-state index in [1.807, 2.05) is 6.07 Å². The Bertz CT molecular complexity index is 1140. The second-order valence-electron chi connectivity index (χ2n) is 6.40. The van der Waals surface area contributed by atoms with Crippen LogP contribution in [0.5, 0.6) is 0 Å². The zero-order chi connectivity index (χ0) is 22.4. The van der Waals surface area contributed by atoms with Gasteiger partial charge in [0, 0.05) is 17.4 Å². The van der Waals surface area contributed by atoms with Gasteiger partial charge < -0.3 is 19.7 Å². The van der Waals surface area contributed by atoms with E-state index < -0.39 is 24.1 Å². The van der Waals surface area contributed by atoms with Gasteiger partial charge in [0.15, 0.2) is 17.3 Å². The van der Waals surface area contributed by atoms with Crippen molar-refractivity contribution in [1.82, 2.24) is 20.2 Å². The average Bonchev–Trinajstić information content (AvgIpc) is 3.42. The number of carbonyl (C=O) groups excluding carboxylic acids is 2. The highest BCUT2D eigenvalue weighted by Gasteiger charge is 2.22. The number of Topliss-reactive ketones (excluding diaryl/α,β-unsaturated/α-hetero) is 1. The number of allylic oxidation sites excluding steroid dienone is 1. The quantitative estimate of drug-likeness (QED) is 0.244. The van der Waals surface area contributed by atoms with Crippen molar-refractivity contribution in [2.45, 2.75) is 13.8 Å². The Morgan fingerprint density at radius 2 is 1.94 bits per heavy atom. The molecule has 31 heavy (non-hydrogen) atoms. The molecule has 2 heterocycles. The Balaban J connectivity index is 1.96. The van der Waals surface area contributed by atoms with Crippen molar-refractivity contribution < 1.29 is 23.8 Å². The van der Waals surface area contributed by atoms with Crippen LogP contribution in [-0.4, -0.2) is 49.4 Å². The number of nitrogens with zero attached hydrogens (tertiary/aromatic N) is 4. The third-order valence-electron chi connectivity index (χ3n) is 4.12. The molecule has 0 fully saturated rings. The highest BCUT2D eigenvalue weighted by Crippen LogP contribution is 2.21. The predicted molar refractivity (Wildman–Crippen MR) is 111 cm³/mol. The van der Waals surface area contributed by atoms with Crippen LogP contribution in [0.4, 0.5) is 0 Å². The molecular formula is C21H19N5O5. The lowest BCUT2D eigenvalue weighted by molar-refractivity contribution is -0.137. The maximum absolute atomic E-state index is 12.9. The predicted octanol–water partition coefficient (Wildman–Crippen LogP) is 2.92. The number of hydrogen-bond acceptors (Lipinski definition) is 9. The number of hydrogen-bond donors (Lipinski definition) is 2. The fourth-order valence-corrected chi connectivity index (χ4v) is 2.79. The molecule has 10 heteroatoms. The minimum atomic E-state index is -0.877. The van der Waals surface area contributed by atoms with Crippen LogP contribution in [0.2, 0.25) is 0 Å². The minimum absolute atomic E-state index is 0.0810. The lowest BCUT2D eigenvalue weighted by atomic mass is 10.1. The van der Waals surface area contributed by atoms with E-state index in [-0.39, 0.29) is 22.8 Å². The van der Waals surface area contributed by atoms with Gasteiger partial charge in [-0.15, -0.1) is 5.10 Å². The smallest absolute Gasteiger partial charge is 0.357 e. The van der Waals surface area contributed by atoms with E-state index in [2.05, 4.69) is 15.5 Å². The van der Waals surface area contributed by atoms with Crippen LogP contribution in [0.3, 0.4) is 0 Å². The van der Waals surface area contributed by atoms with Gasteiger partial charge in [-0.25, -0.2) is 4.79 Å².